The Kier molecular flexibility index (Phi) is 5.88. The quantitative estimate of drug-likeness (QED) is 0.876. The summed E-state index contributed by atoms with van der Waals surface area (Å²) >= 11 is 6.46. The highest BCUT2D eigenvalue weighted by Gasteiger charge is 2.27. The summed E-state index contributed by atoms with van der Waals surface area (Å²) in [5, 5.41) is 13.4. The van der Waals surface area contributed by atoms with E-state index in [0.29, 0.717) is 19.2 Å². The van der Waals surface area contributed by atoms with E-state index in [0.717, 1.165) is 17.3 Å². The van der Waals surface area contributed by atoms with Gasteiger partial charge in [-0.15, -0.1) is 0 Å². The second-order valence-corrected chi connectivity index (χ2v) is 6.37. The number of hydrogen-bond donors (Lipinski definition) is 2. The summed E-state index contributed by atoms with van der Waals surface area (Å²) in [5.41, 5.74) is 2.19. The minimum Gasteiger partial charge on any atom is -0.394 e. The Morgan fingerprint density at radius 3 is 2.86 bits per heavy atom. The monoisotopic (exact) mass is 312 g/mol. The Morgan fingerprint density at radius 2 is 2.24 bits per heavy atom. The van der Waals surface area contributed by atoms with Gasteiger partial charge in [-0.1, -0.05) is 31.5 Å². The highest BCUT2D eigenvalue weighted by molar-refractivity contribution is 6.33. The van der Waals surface area contributed by atoms with Crippen molar-refractivity contribution in [2.45, 2.75) is 45.5 Å². The van der Waals surface area contributed by atoms with E-state index >= 15 is 0 Å². The minimum absolute atomic E-state index is 0.0389. The largest absolute Gasteiger partial charge is 0.394 e. The van der Waals surface area contributed by atoms with Crippen LogP contribution in [0.15, 0.2) is 18.2 Å². The molecular formula is C16H25ClN2O2. The number of benzene rings is 1. The third-order valence-corrected chi connectivity index (χ3v) is 4.05. The Labute approximate surface area is 132 Å². The van der Waals surface area contributed by atoms with Gasteiger partial charge in [-0.2, -0.15) is 0 Å². The molecule has 2 atom stereocenters. The fourth-order valence-electron chi connectivity index (χ4n) is 2.48. The van der Waals surface area contributed by atoms with Crippen molar-refractivity contribution in [1.82, 2.24) is 5.32 Å². The first-order valence-electron chi connectivity index (χ1n) is 7.52. The number of halogens is 1. The number of anilines is 1. The summed E-state index contributed by atoms with van der Waals surface area (Å²) in [5.74, 6) is 0. The first kappa shape index (κ1) is 16.6. The smallest absolute Gasteiger partial charge is 0.0981 e. The van der Waals surface area contributed by atoms with Crippen molar-refractivity contribution in [3.8, 4) is 0 Å². The van der Waals surface area contributed by atoms with Crippen LogP contribution in [-0.2, 0) is 11.3 Å². The molecule has 1 aromatic rings. The third-order valence-electron chi connectivity index (χ3n) is 3.75. The molecule has 0 radical (unpaired) electrons. The van der Waals surface area contributed by atoms with E-state index < -0.39 is 0 Å². The van der Waals surface area contributed by atoms with Crippen LogP contribution in [-0.4, -0.2) is 43.1 Å². The average Bonchev–Trinajstić information content (AvgIpc) is 2.46. The van der Waals surface area contributed by atoms with Crippen molar-refractivity contribution in [2.24, 2.45) is 0 Å². The lowest BCUT2D eigenvalue weighted by Gasteiger charge is -2.39. The molecular weight excluding hydrogens is 288 g/mol. The maximum atomic E-state index is 9.28. The van der Waals surface area contributed by atoms with Crippen LogP contribution in [0.25, 0.3) is 0 Å². The molecule has 1 aromatic carbocycles. The number of aliphatic hydroxyl groups excluding tert-OH is 1. The normalized spacial score (nSPS) is 22.9. The average molecular weight is 313 g/mol. The fourth-order valence-corrected chi connectivity index (χ4v) is 2.79. The molecule has 1 fully saturated rings. The van der Waals surface area contributed by atoms with Gasteiger partial charge in [-0.25, -0.2) is 0 Å². The lowest BCUT2D eigenvalue weighted by Crippen LogP contribution is -2.49. The summed E-state index contributed by atoms with van der Waals surface area (Å²) in [6.07, 6.45) is -0.139. The van der Waals surface area contributed by atoms with E-state index in [2.05, 4.69) is 43.1 Å². The van der Waals surface area contributed by atoms with Gasteiger partial charge in [0.15, 0.2) is 0 Å². The Hall–Kier alpha value is -0.810. The zero-order chi connectivity index (χ0) is 15.4. The summed E-state index contributed by atoms with van der Waals surface area (Å²) < 4.78 is 5.57. The van der Waals surface area contributed by atoms with Gasteiger partial charge in [0.25, 0.3) is 0 Å². The van der Waals surface area contributed by atoms with E-state index in [4.69, 9.17) is 16.3 Å². The van der Waals surface area contributed by atoms with Gasteiger partial charge in [0.2, 0.25) is 0 Å². The summed E-state index contributed by atoms with van der Waals surface area (Å²) in [4.78, 5) is 2.21. The first-order valence-corrected chi connectivity index (χ1v) is 7.90. The van der Waals surface area contributed by atoms with Gasteiger partial charge in [0.05, 0.1) is 30.0 Å². The molecule has 118 valence electrons. The zero-order valence-electron chi connectivity index (χ0n) is 13.0. The molecule has 4 nitrogen and oxygen atoms in total. The number of aliphatic hydroxyl groups is 1. The summed E-state index contributed by atoms with van der Waals surface area (Å²) in [7, 11) is 0. The van der Waals surface area contributed by atoms with Gasteiger partial charge >= 0.3 is 0 Å². The van der Waals surface area contributed by atoms with Crippen LogP contribution < -0.4 is 10.2 Å². The van der Waals surface area contributed by atoms with Gasteiger partial charge < -0.3 is 20.1 Å². The van der Waals surface area contributed by atoms with Gasteiger partial charge in [0, 0.05) is 25.2 Å². The molecule has 0 spiro atoms. The SMILES string of the molecule is CC(C)NCc1ccc(N2CC(CO)OCC2C)c(Cl)c1. The van der Waals surface area contributed by atoms with Crippen LogP contribution >= 0.6 is 11.6 Å². The van der Waals surface area contributed by atoms with Crippen LogP contribution in [0.1, 0.15) is 26.3 Å². The first-order chi connectivity index (χ1) is 10.0. The molecule has 2 rings (SSSR count). The van der Waals surface area contributed by atoms with Crippen LogP contribution in [0, 0.1) is 0 Å². The molecule has 1 aliphatic rings. The number of nitrogens with zero attached hydrogens (tertiary/aromatic N) is 1. The maximum Gasteiger partial charge on any atom is 0.0981 e. The molecule has 0 aromatic heterocycles. The topological polar surface area (TPSA) is 44.7 Å². The maximum absolute atomic E-state index is 9.28. The molecule has 0 amide bonds. The van der Waals surface area contributed by atoms with Crippen LogP contribution in [0.5, 0.6) is 0 Å². The summed E-state index contributed by atoms with van der Waals surface area (Å²) in [6.45, 7) is 8.49. The molecule has 0 aliphatic carbocycles. The highest BCUT2D eigenvalue weighted by atomic mass is 35.5. The van der Waals surface area contributed by atoms with E-state index in [9.17, 15) is 5.11 Å². The lowest BCUT2D eigenvalue weighted by molar-refractivity contribution is -0.0103. The number of nitrogens with one attached hydrogen (secondary N) is 1. The third kappa shape index (κ3) is 4.33. The van der Waals surface area contributed by atoms with Crippen molar-refractivity contribution < 1.29 is 9.84 Å². The Bertz CT molecular complexity index is 468. The second kappa shape index (κ2) is 7.45. The number of hydrogen-bond acceptors (Lipinski definition) is 4. The Morgan fingerprint density at radius 1 is 1.48 bits per heavy atom. The molecule has 2 N–H and O–H groups in total. The van der Waals surface area contributed by atoms with Crippen LogP contribution in [0.4, 0.5) is 5.69 Å². The second-order valence-electron chi connectivity index (χ2n) is 5.96. The van der Waals surface area contributed by atoms with Crippen molar-refractivity contribution in [3.63, 3.8) is 0 Å². The van der Waals surface area contributed by atoms with Gasteiger partial charge in [-0.3, -0.25) is 0 Å². The number of morpholine rings is 1. The zero-order valence-corrected chi connectivity index (χ0v) is 13.7. The molecule has 21 heavy (non-hydrogen) atoms. The van der Waals surface area contributed by atoms with E-state index in [1.165, 1.54) is 5.56 Å². The lowest BCUT2D eigenvalue weighted by atomic mass is 10.1. The van der Waals surface area contributed by atoms with Gasteiger partial charge in [0.1, 0.15) is 0 Å². The van der Waals surface area contributed by atoms with E-state index in [-0.39, 0.29) is 18.8 Å². The molecule has 1 heterocycles. The van der Waals surface area contributed by atoms with Crippen molar-refractivity contribution in [3.05, 3.63) is 28.8 Å². The fraction of sp³-hybridized carbons (Fsp3) is 0.625. The van der Waals surface area contributed by atoms with Crippen LogP contribution in [0.2, 0.25) is 5.02 Å². The predicted octanol–water partition coefficient (Wildman–Crippen LogP) is 2.42. The van der Waals surface area contributed by atoms with Crippen molar-refractivity contribution >= 4 is 17.3 Å². The van der Waals surface area contributed by atoms with Crippen LogP contribution in [0.3, 0.4) is 0 Å². The Balaban J connectivity index is 2.12. The predicted molar refractivity (Wildman–Crippen MR) is 87.1 cm³/mol. The van der Waals surface area contributed by atoms with E-state index in [1.54, 1.807) is 0 Å². The molecule has 0 bridgehead atoms. The molecule has 5 heteroatoms. The highest BCUT2D eigenvalue weighted by Crippen LogP contribution is 2.30. The molecule has 2 unspecified atom stereocenters. The molecule has 1 saturated heterocycles. The van der Waals surface area contributed by atoms with Crippen molar-refractivity contribution in [2.75, 3.05) is 24.7 Å². The standard InChI is InChI=1S/C16H25ClN2O2/c1-11(2)18-7-13-4-5-16(15(17)6-13)19-8-14(9-20)21-10-12(19)3/h4-6,11-12,14,18,20H,7-10H2,1-3H3. The van der Waals surface area contributed by atoms with Gasteiger partial charge in [-0.05, 0) is 24.6 Å². The molecule has 0 saturated carbocycles. The summed E-state index contributed by atoms with van der Waals surface area (Å²) in [6, 6.07) is 6.89. The number of ether oxygens (including phenoxy) is 1. The van der Waals surface area contributed by atoms with E-state index in [1.807, 2.05) is 6.07 Å². The minimum atomic E-state index is -0.139. The molecule has 1 aliphatic heterocycles. The van der Waals surface area contributed by atoms with Crippen molar-refractivity contribution in [1.29, 1.82) is 0 Å². The number of rotatable bonds is 5.